The molecule has 2 unspecified atom stereocenters. The van der Waals surface area contributed by atoms with Gasteiger partial charge >= 0.3 is 18.0 Å². The number of rotatable bonds is 10. The number of Topliss-reactive ketones (excluding diaryl/α,β-unsaturated/α-hetero) is 1. The van der Waals surface area contributed by atoms with Crippen molar-refractivity contribution >= 4 is 23.8 Å². The van der Waals surface area contributed by atoms with Gasteiger partial charge in [-0.2, -0.15) is 0 Å². The lowest BCUT2D eigenvalue weighted by Gasteiger charge is -2.23. The Morgan fingerprint density at radius 1 is 1.10 bits per heavy atom. The third-order valence-electron chi connectivity index (χ3n) is 3.97. The fourth-order valence-corrected chi connectivity index (χ4v) is 2.52. The molecule has 29 heavy (non-hydrogen) atoms. The van der Waals surface area contributed by atoms with E-state index in [4.69, 9.17) is 9.47 Å². The van der Waals surface area contributed by atoms with Gasteiger partial charge in [-0.15, -0.1) is 0 Å². The minimum Gasteiger partial charge on any atom is -0.480 e. The van der Waals surface area contributed by atoms with Crippen LogP contribution in [0.3, 0.4) is 0 Å². The van der Waals surface area contributed by atoms with Crippen LogP contribution < -0.4 is 5.32 Å². The van der Waals surface area contributed by atoms with Crippen LogP contribution in [0.2, 0.25) is 0 Å². The molecule has 0 saturated heterocycles. The summed E-state index contributed by atoms with van der Waals surface area (Å²) in [5.41, 5.74) is 0.0335. The summed E-state index contributed by atoms with van der Waals surface area (Å²) in [7, 11) is 0. The monoisotopic (exact) mass is 407 g/mol. The largest absolute Gasteiger partial charge is 0.480 e. The molecule has 0 fully saturated rings. The number of carboxylic acid groups (broad SMARTS) is 1. The van der Waals surface area contributed by atoms with Crippen LogP contribution in [0.1, 0.15) is 52.5 Å². The van der Waals surface area contributed by atoms with Crippen LogP contribution in [0.4, 0.5) is 4.79 Å². The average molecular weight is 407 g/mol. The number of amides is 1. The normalized spacial score (nSPS) is 13.1. The van der Waals surface area contributed by atoms with Crippen molar-refractivity contribution < 1.29 is 33.8 Å². The fraction of sp³-hybridized carbons (Fsp3) is 0.524. The first-order valence-corrected chi connectivity index (χ1v) is 9.49. The lowest BCUT2D eigenvalue weighted by molar-refractivity contribution is -0.162. The van der Waals surface area contributed by atoms with Gasteiger partial charge in [-0.1, -0.05) is 37.3 Å². The maximum Gasteiger partial charge on any atom is 0.408 e. The Labute approximate surface area is 170 Å². The molecule has 0 saturated carbocycles. The van der Waals surface area contributed by atoms with Gasteiger partial charge in [0.05, 0.1) is 0 Å². The predicted octanol–water partition coefficient (Wildman–Crippen LogP) is 3.08. The number of carbonyl (C=O) groups is 4. The van der Waals surface area contributed by atoms with Gasteiger partial charge in [0.25, 0.3) is 0 Å². The molecule has 0 aliphatic rings. The summed E-state index contributed by atoms with van der Waals surface area (Å²) < 4.78 is 10.2. The number of carbonyl (C=O) groups excluding carboxylic acids is 3. The van der Waals surface area contributed by atoms with E-state index in [2.05, 4.69) is 5.32 Å². The number of hydrogen-bond acceptors (Lipinski definition) is 6. The molecule has 0 bridgehead atoms. The molecular formula is C21H29NO7. The molecule has 1 rings (SSSR count). The molecule has 8 nitrogen and oxygen atoms in total. The van der Waals surface area contributed by atoms with Crippen molar-refractivity contribution in [2.24, 2.45) is 5.92 Å². The Kier molecular flexibility index (Phi) is 9.31. The maximum atomic E-state index is 12.4. The van der Waals surface area contributed by atoms with Crippen LogP contribution in [0, 0.1) is 5.92 Å². The zero-order valence-electron chi connectivity index (χ0n) is 17.3. The van der Waals surface area contributed by atoms with E-state index in [9.17, 15) is 24.3 Å². The van der Waals surface area contributed by atoms with Crippen molar-refractivity contribution in [3.63, 3.8) is 0 Å². The van der Waals surface area contributed by atoms with Gasteiger partial charge in [0.2, 0.25) is 0 Å². The van der Waals surface area contributed by atoms with E-state index >= 15 is 0 Å². The summed E-state index contributed by atoms with van der Waals surface area (Å²) in [5.74, 6) is -3.31. The number of ether oxygens (including phenoxy) is 2. The number of hydrogen-bond donors (Lipinski definition) is 2. The van der Waals surface area contributed by atoms with Crippen molar-refractivity contribution in [1.29, 1.82) is 0 Å². The van der Waals surface area contributed by atoms with Gasteiger partial charge in [0.1, 0.15) is 30.0 Å². The van der Waals surface area contributed by atoms with Crippen LogP contribution in [0.5, 0.6) is 0 Å². The molecule has 2 atom stereocenters. The summed E-state index contributed by atoms with van der Waals surface area (Å²) in [6.45, 7) is 6.78. The van der Waals surface area contributed by atoms with Crippen molar-refractivity contribution in [2.75, 3.05) is 0 Å². The summed E-state index contributed by atoms with van der Waals surface area (Å²) in [6, 6.07) is 7.62. The molecule has 0 radical (unpaired) electrons. The minimum atomic E-state index is -1.31. The SMILES string of the molecule is CCC(C(=O)CCC(NC(=O)OCc1ccccc1)C(=O)O)C(=O)OC(C)(C)C. The molecule has 0 aromatic heterocycles. The van der Waals surface area contributed by atoms with Gasteiger partial charge in [0.15, 0.2) is 0 Å². The van der Waals surface area contributed by atoms with Gasteiger partial charge < -0.3 is 19.9 Å². The molecule has 0 aliphatic carbocycles. The molecule has 0 aliphatic heterocycles. The second-order valence-electron chi connectivity index (χ2n) is 7.60. The number of alkyl carbamates (subject to hydrolysis) is 1. The van der Waals surface area contributed by atoms with Gasteiger partial charge in [0, 0.05) is 6.42 Å². The summed E-state index contributed by atoms with van der Waals surface area (Å²) in [5, 5.41) is 11.5. The van der Waals surface area contributed by atoms with E-state index in [1.807, 2.05) is 6.07 Å². The van der Waals surface area contributed by atoms with E-state index in [-0.39, 0.29) is 25.9 Å². The Morgan fingerprint density at radius 2 is 1.72 bits per heavy atom. The Hall–Kier alpha value is -2.90. The number of benzene rings is 1. The van der Waals surface area contributed by atoms with Gasteiger partial charge in [-0.05, 0) is 39.2 Å². The first kappa shape index (κ1) is 24.1. The Bertz CT molecular complexity index is 709. The first-order chi connectivity index (χ1) is 13.5. The number of aliphatic carboxylic acids is 1. The molecule has 160 valence electrons. The average Bonchev–Trinajstić information content (AvgIpc) is 2.63. The van der Waals surface area contributed by atoms with Crippen LogP contribution >= 0.6 is 0 Å². The number of nitrogens with one attached hydrogen (secondary N) is 1. The highest BCUT2D eigenvalue weighted by Gasteiger charge is 2.31. The third kappa shape index (κ3) is 9.23. The minimum absolute atomic E-state index is 0.00546. The second-order valence-corrected chi connectivity index (χ2v) is 7.60. The first-order valence-electron chi connectivity index (χ1n) is 9.49. The van der Waals surface area contributed by atoms with Crippen LogP contribution in [-0.2, 0) is 30.5 Å². The molecule has 2 N–H and O–H groups in total. The van der Waals surface area contributed by atoms with E-state index < -0.39 is 41.4 Å². The fourth-order valence-electron chi connectivity index (χ4n) is 2.52. The van der Waals surface area contributed by atoms with Crippen molar-refractivity contribution in [2.45, 2.75) is 65.2 Å². The lowest BCUT2D eigenvalue weighted by Crippen LogP contribution is -2.42. The molecular weight excluding hydrogens is 378 g/mol. The van der Waals surface area contributed by atoms with Crippen molar-refractivity contribution in [3.8, 4) is 0 Å². The van der Waals surface area contributed by atoms with E-state index in [1.54, 1.807) is 52.0 Å². The van der Waals surface area contributed by atoms with Crippen LogP contribution in [-0.4, -0.2) is 40.6 Å². The van der Waals surface area contributed by atoms with E-state index in [1.165, 1.54) is 0 Å². The van der Waals surface area contributed by atoms with Crippen molar-refractivity contribution in [1.82, 2.24) is 5.32 Å². The highest BCUT2D eigenvalue weighted by atomic mass is 16.6. The lowest BCUT2D eigenvalue weighted by atomic mass is 9.95. The summed E-state index contributed by atoms with van der Waals surface area (Å²) >= 11 is 0. The highest BCUT2D eigenvalue weighted by molar-refractivity contribution is 5.99. The van der Waals surface area contributed by atoms with E-state index in [0.717, 1.165) is 5.56 Å². The standard InChI is InChI=1S/C21H29NO7/c1-5-15(19(26)29-21(2,3)4)17(23)12-11-16(18(24)25)22-20(27)28-13-14-9-7-6-8-10-14/h6-10,15-16H,5,11-13H2,1-4H3,(H,22,27)(H,24,25). The highest BCUT2D eigenvalue weighted by Crippen LogP contribution is 2.17. The van der Waals surface area contributed by atoms with Gasteiger partial charge in [-0.25, -0.2) is 9.59 Å². The molecule has 1 aromatic rings. The molecule has 0 spiro atoms. The zero-order chi connectivity index (χ0) is 22.0. The Morgan fingerprint density at radius 3 is 2.24 bits per heavy atom. The summed E-state index contributed by atoms with van der Waals surface area (Å²) in [6.07, 6.45) is -0.993. The third-order valence-corrected chi connectivity index (χ3v) is 3.97. The molecule has 8 heteroatoms. The maximum absolute atomic E-state index is 12.4. The van der Waals surface area contributed by atoms with E-state index in [0.29, 0.717) is 0 Å². The molecule has 1 aromatic carbocycles. The second kappa shape index (κ2) is 11.2. The topological polar surface area (TPSA) is 119 Å². The predicted molar refractivity (Wildman–Crippen MR) is 105 cm³/mol. The number of ketones is 1. The smallest absolute Gasteiger partial charge is 0.408 e. The number of esters is 1. The van der Waals surface area contributed by atoms with Crippen LogP contribution in [0.25, 0.3) is 0 Å². The molecule has 1 amide bonds. The van der Waals surface area contributed by atoms with Gasteiger partial charge in [-0.3, -0.25) is 9.59 Å². The van der Waals surface area contributed by atoms with Crippen LogP contribution in [0.15, 0.2) is 30.3 Å². The van der Waals surface area contributed by atoms with Crippen molar-refractivity contribution in [3.05, 3.63) is 35.9 Å². The number of carboxylic acids is 1. The Balaban J connectivity index is 2.57. The molecule has 0 heterocycles. The summed E-state index contributed by atoms with van der Waals surface area (Å²) in [4.78, 5) is 47.8. The zero-order valence-corrected chi connectivity index (χ0v) is 17.3. The quantitative estimate of drug-likeness (QED) is 0.452.